The Balaban J connectivity index is 2.05. The largest absolute Gasteiger partial charge is 0.378 e. The van der Waals surface area contributed by atoms with E-state index in [1.165, 1.54) is 0 Å². The Bertz CT molecular complexity index is 1090. The molecule has 27 heavy (non-hydrogen) atoms. The van der Waals surface area contributed by atoms with Gasteiger partial charge in [-0.3, -0.25) is 4.79 Å². The molecule has 140 valence electrons. The third kappa shape index (κ3) is 2.99. The quantitative estimate of drug-likeness (QED) is 0.619. The van der Waals surface area contributed by atoms with Gasteiger partial charge in [-0.15, -0.1) is 0 Å². The molecule has 4 nitrogen and oxygen atoms in total. The Labute approximate surface area is 159 Å². The van der Waals surface area contributed by atoms with Gasteiger partial charge in [0.25, 0.3) is 0 Å². The van der Waals surface area contributed by atoms with Crippen LogP contribution in [-0.4, -0.2) is 30.9 Å². The average molecular weight is 391 g/mol. The topological polar surface area (TPSA) is 34.5 Å². The van der Waals surface area contributed by atoms with Gasteiger partial charge in [0.05, 0.1) is 35.5 Å². The molecule has 0 bridgehead atoms. The smallest absolute Gasteiger partial charge is 0.192 e. The second-order valence-electron chi connectivity index (χ2n) is 6.48. The maximum atomic E-state index is 14.2. The number of rotatable bonds is 2. The molecule has 0 N–H and O–H groups in total. The number of pyridine rings is 1. The first-order chi connectivity index (χ1) is 13.0. The van der Waals surface area contributed by atoms with Gasteiger partial charge in [0, 0.05) is 24.8 Å². The number of morpholine rings is 1. The van der Waals surface area contributed by atoms with Crippen LogP contribution >= 0.6 is 11.6 Å². The van der Waals surface area contributed by atoms with Crippen molar-refractivity contribution in [1.82, 2.24) is 4.57 Å². The van der Waals surface area contributed by atoms with E-state index in [1.54, 1.807) is 17.7 Å². The Morgan fingerprint density at radius 2 is 1.78 bits per heavy atom. The summed E-state index contributed by atoms with van der Waals surface area (Å²) in [5.41, 5.74) is 1.85. The van der Waals surface area contributed by atoms with Crippen molar-refractivity contribution >= 4 is 28.2 Å². The molecule has 0 radical (unpaired) electrons. The Hall–Kier alpha value is -2.44. The lowest BCUT2D eigenvalue weighted by Crippen LogP contribution is -2.36. The number of halogens is 3. The van der Waals surface area contributed by atoms with E-state index in [-0.39, 0.29) is 16.3 Å². The number of fused-ring (bicyclic) bond motifs is 1. The summed E-state index contributed by atoms with van der Waals surface area (Å²) in [6, 6.07) is 8.50. The first-order valence-corrected chi connectivity index (χ1v) is 8.98. The molecule has 1 aliphatic rings. The van der Waals surface area contributed by atoms with E-state index in [0.29, 0.717) is 31.9 Å². The molecule has 0 atom stereocenters. The predicted octanol–water partition coefficient (Wildman–Crippen LogP) is 4.07. The molecule has 2 aromatic carbocycles. The van der Waals surface area contributed by atoms with Crippen molar-refractivity contribution in [2.45, 2.75) is 6.92 Å². The molecule has 0 aliphatic carbocycles. The lowest BCUT2D eigenvalue weighted by molar-refractivity contribution is 0.122. The van der Waals surface area contributed by atoms with Crippen LogP contribution in [-0.2, 0) is 4.74 Å². The van der Waals surface area contributed by atoms with Crippen LogP contribution in [0.1, 0.15) is 5.56 Å². The van der Waals surface area contributed by atoms with Crippen molar-refractivity contribution in [3.05, 3.63) is 69.0 Å². The first kappa shape index (κ1) is 17.9. The summed E-state index contributed by atoms with van der Waals surface area (Å²) in [5, 5.41) is -0.352. The number of aromatic nitrogens is 1. The SMILES string of the molecule is Cc1cn(-c2ccccc2N2CCOCC2)c2c(Cl)c(F)c(F)cc2c1=O. The van der Waals surface area contributed by atoms with E-state index in [2.05, 4.69) is 4.90 Å². The second kappa shape index (κ2) is 6.94. The van der Waals surface area contributed by atoms with Crippen molar-refractivity contribution in [2.24, 2.45) is 0 Å². The van der Waals surface area contributed by atoms with Crippen molar-refractivity contribution < 1.29 is 13.5 Å². The minimum Gasteiger partial charge on any atom is -0.378 e. The van der Waals surface area contributed by atoms with Crippen LogP contribution in [0.3, 0.4) is 0 Å². The Morgan fingerprint density at radius 1 is 1.11 bits per heavy atom. The zero-order chi connectivity index (χ0) is 19.1. The number of hydrogen-bond donors (Lipinski definition) is 0. The highest BCUT2D eigenvalue weighted by Crippen LogP contribution is 2.33. The molecule has 7 heteroatoms. The molecular weight excluding hydrogens is 374 g/mol. The fourth-order valence-electron chi connectivity index (χ4n) is 3.45. The normalized spacial score (nSPS) is 14.7. The van der Waals surface area contributed by atoms with Crippen LogP contribution in [0.2, 0.25) is 5.02 Å². The second-order valence-corrected chi connectivity index (χ2v) is 6.86. The molecule has 1 saturated heterocycles. The summed E-state index contributed by atoms with van der Waals surface area (Å²) >= 11 is 6.14. The molecular formula is C20H17ClF2N2O2. The predicted molar refractivity (Wildman–Crippen MR) is 102 cm³/mol. The molecule has 1 fully saturated rings. The summed E-state index contributed by atoms with van der Waals surface area (Å²) in [6.45, 7) is 4.29. The van der Waals surface area contributed by atoms with Gasteiger partial charge in [-0.2, -0.15) is 0 Å². The van der Waals surface area contributed by atoms with Gasteiger partial charge in [-0.1, -0.05) is 23.7 Å². The summed E-state index contributed by atoms with van der Waals surface area (Å²) in [4.78, 5) is 14.7. The van der Waals surface area contributed by atoms with Gasteiger partial charge in [-0.05, 0) is 25.1 Å². The molecule has 0 spiro atoms. The maximum Gasteiger partial charge on any atom is 0.192 e. The van der Waals surface area contributed by atoms with Crippen LogP contribution in [0.25, 0.3) is 16.6 Å². The Morgan fingerprint density at radius 3 is 2.48 bits per heavy atom. The highest BCUT2D eigenvalue weighted by Gasteiger charge is 2.21. The van der Waals surface area contributed by atoms with E-state index >= 15 is 0 Å². The van der Waals surface area contributed by atoms with Gasteiger partial charge < -0.3 is 14.2 Å². The number of anilines is 1. The van der Waals surface area contributed by atoms with Crippen LogP contribution in [0, 0.1) is 18.6 Å². The van der Waals surface area contributed by atoms with Gasteiger partial charge >= 0.3 is 0 Å². The summed E-state index contributed by atoms with van der Waals surface area (Å²) in [5.74, 6) is -2.30. The van der Waals surface area contributed by atoms with Crippen LogP contribution in [0.4, 0.5) is 14.5 Å². The van der Waals surface area contributed by atoms with Crippen molar-refractivity contribution in [2.75, 3.05) is 31.2 Å². The van der Waals surface area contributed by atoms with Crippen LogP contribution in [0.15, 0.2) is 41.3 Å². The number of benzene rings is 2. The van der Waals surface area contributed by atoms with Gasteiger partial charge in [-0.25, -0.2) is 8.78 Å². The molecule has 0 saturated carbocycles. The lowest BCUT2D eigenvalue weighted by Gasteiger charge is -2.31. The monoisotopic (exact) mass is 390 g/mol. The van der Waals surface area contributed by atoms with Crippen LogP contribution in [0.5, 0.6) is 0 Å². The number of ether oxygens (including phenoxy) is 1. The maximum absolute atomic E-state index is 14.2. The van der Waals surface area contributed by atoms with E-state index in [0.717, 1.165) is 17.4 Å². The number of nitrogens with zero attached hydrogens (tertiary/aromatic N) is 2. The zero-order valence-electron chi connectivity index (χ0n) is 14.6. The van der Waals surface area contributed by atoms with E-state index in [4.69, 9.17) is 16.3 Å². The van der Waals surface area contributed by atoms with E-state index < -0.39 is 16.7 Å². The summed E-state index contributed by atoms with van der Waals surface area (Å²) in [6.07, 6.45) is 1.62. The minimum absolute atomic E-state index is 0.0516. The Kier molecular flexibility index (Phi) is 4.61. The first-order valence-electron chi connectivity index (χ1n) is 8.60. The fourth-order valence-corrected chi connectivity index (χ4v) is 3.74. The average Bonchev–Trinajstić information content (AvgIpc) is 2.70. The lowest BCUT2D eigenvalue weighted by atomic mass is 10.1. The molecule has 3 aromatic rings. The van der Waals surface area contributed by atoms with E-state index in [1.807, 2.05) is 24.3 Å². The molecule has 2 heterocycles. The third-order valence-electron chi connectivity index (χ3n) is 4.80. The standard InChI is InChI=1S/C20H17ClF2N2O2/c1-12-11-25(19-13(20(12)26)10-14(22)18(23)17(19)21)16-5-3-2-4-15(16)24-6-8-27-9-7-24/h2-5,10-11H,6-9H2,1H3. The van der Waals surface area contributed by atoms with Crippen molar-refractivity contribution in [1.29, 1.82) is 0 Å². The molecule has 0 unspecified atom stereocenters. The highest BCUT2D eigenvalue weighted by atomic mass is 35.5. The zero-order valence-corrected chi connectivity index (χ0v) is 15.4. The summed E-state index contributed by atoms with van der Waals surface area (Å²) < 4.78 is 35.2. The fraction of sp³-hybridized carbons (Fsp3) is 0.250. The van der Waals surface area contributed by atoms with Crippen LogP contribution < -0.4 is 10.3 Å². The van der Waals surface area contributed by atoms with Gasteiger partial charge in [0.15, 0.2) is 17.1 Å². The highest BCUT2D eigenvalue weighted by molar-refractivity contribution is 6.35. The third-order valence-corrected chi connectivity index (χ3v) is 5.14. The number of aryl methyl sites for hydroxylation is 1. The van der Waals surface area contributed by atoms with Gasteiger partial charge in [0.2, 0.25) is 0 Å². The van der Waals surface area contributed by atoms with Crippen molar-refractivity contribution in [3.63, 3.8) is 0 Å². The molecule has 0 amide bonds. The van der Waals surface area contributed by atoms with E-state index in [9.17, 15) is 13.6 Å². The summed E-state index contributed by atoms with van der Waals surface area (Å²) in [7, 11) is 0. The minimum atomic E-state index is -1.16. The number of hydrogen-bond acceptors (Lipinski definition) is 3. The number of para-hydroxylation sites is 2. The molecule has 1 aliphatic heterocycles. The molecule has 1 aromatic heterocycles. The van der Waals surface area contributed by atoms with Crippen molar-refractivity contribution in [3.8, 4) is 5.69 Å². The van der Waals surface area contributed by atoms with Gasteiger partial charge in [0.1, 0.15) is 5.02 Å². The molecule has 4 rings (SSSR count).